The molecular weight excluding hydrogens is 251 g/mol. The van der Waals surface area contributed by atoms with E-state index in [0.29, 0.717) is 0 Å². The second kappa shape index (κ2) is 6.68. The van der Waals surface area contributed by atoms with Gasteiger partial charge in [0.15, 0.2) is 0 Å². The summed E-state index contributed by atoms with van der Waals surface area (Å²) in [6.45, 7) is 4.75. The summed E-state index contributed by atoms with van der Waals surface area (Å²) in [6, 6.07) is 7.81. The van der Waals surface area contributed by atoms with Crippen molar-refractivity contribution >= 4 is 0 Å². The second-order valence-corrected chi connectivity index (χ2v) is 6.30. The van der Waals surface area contributed by atoms with Crippen molar-refractivity contribution in [3.8, 4) is 0 Å². The van der Waals surface area contributed by atoms with Gasteiger partial charge in [-0.25, -0.2) is 4.39 Å². The van der Waals surface area contributed by atoms with Gasteiger partial charge in [0.2, 0.25) is 0 Å². The standard InChI is InChI=1S/C17H25FN2/c18-16-3-1-14(2-4-16)9-12-20(17-5-6-17)13-15-7-10-19-11-8-15/h1-4,15,17,19H,5-13H2. The summed E-state index contributed by atoms with van der Waals surface area (Å²) in [5, 5.41) is 3.44. The minimum absolute atomic E-state index is 0.137. The first-order chi connectivity index (χ1) is 9.81. The zero-order valence-electron chi connectivity index (χ0n) is 12.2. The maximum atomic E-state index is 12.9. The fourth-order valence-corrected chi connectivity index (χ4v) is 3.18. The molecule has 1 saturated carbocycles. The van der Waals surface area contributed by atoms with E-state index in [1.807, 2.05) is 12.1 Å². The van der Waals surface area contributed by atoms with Crippen molar-refractivity contribution in [1.82, 2.24) is 10.2 Å². The van der Waals surface area contributed by atoms with Crippen LogP contribution in [-0.4, -0.2) is 37.1 Å². The summed E-state index contributed by atoms with van der Waals surface area (Å²) < 4.78 is 12.9. The number of hydrogen-bond acceptors (Lipinski definition) is 2. The van der Waals surface area contributed by atoms with Crippen LogP contribution >= 0.6 is 0 Å². The van der Waals surface area contributed by atoms with Gasteiger partial charge in [0.25, 0.3) is 0 Å². The summed E-state index contributed by atoms with van der Waals surface area (Å²) >= 11 is 0. The molecule has 0 radical (unpaired) electrons. The van der Waals surface area contributed by atoms with Crippen LogP contribution in [0.5, 0.6) is 0 Å². The topological polar surface area (TPSA) is 15.3 Å². The van der Waals surface area contributed by atoms with Crippen molar-refractivity contribution in [2.45, 2.75) is 38.1 Å². The lowest BCUT2D eigenvalue weighted by atomic mass is 9.97. The van der Waals surface area contributed by atoms with E-state index in [9.17, 15) is 4.39 Å². The van der Waals surface area contributed by atoms with E-state index in [4.69, 9.17) is 0 Å². The van der Waals surface area contributed by atoms with Crippen LogP contribution in [0.25, 0.3) is 0 Å². The summed E-state index contributed by atoms with van der Waals surface area (Å²) in [4.78, 5) is 2.68. The lowest BCUT2D eigenvalue weighted by Gasteiger charge is -2.30. The zero-order valence-corrected chi connectivity index (χ0v) is 12.2. The molecule has 0 unspecified atom stereocenters. The Labute approximate surface area is 121 Å². The van der Waals surface area contributed by atoms with E-state index in [1.54, 1.807) is 12.1 Å². The molecule has 3 heteroatoms. The number of halogens is 1. The Morgan fingerprint density at radius 3 is 2.40 bits per heavy atom. The van der Waals surface area contributed by atoms with Gasteiger partial charge < -0.3 is 5.32 Å². The molecule has 0 aromatic heterocycles. The molecule has 0 bridgehead atoms. The van der Waals surface area contributed by atoms with E-state index in [2.05, 4.69) is 10.2 Å². The fourth-order valence-electron chi connectivity index (χ4n) is 3.18. The number of hydrogen-bond donors (Lipinski definition) is 1. The third kappa shape index (κ3) is 4.03. The predicted octanol–water partition coefficient (Wildman–Crippen LogP) is 2.83. The molecule has 1 aliphatic heterocycles. The number of piperidine rings is 1. The van der Waals surface area contributed by atoms with Crippen LogP contribution in [0.15, 0.2) is 24.3 Å². The Morgan fingerprint density at radius 2 is 1.75 bits per heavy atom. The highest BCUT2D eigenvalue weighted by molar-refractivity contribution is 5.16. The molecule has 1 heterocycles. The highest BCUT2D eigenvalue weighted by Gasteiger charge is 2.30. The molecule has 110 valence electrons. The first-order valence-electron chi connectivity index (χ1n) is 8.00. The number of benzene rings is 1. The van der Waals surface area contributed by atoms with Crippen molar-refractivity contribution in [2.24, 2.45) is 5.92 Å². The van der Waals surface area contributed by atoms with Gasteiger partial charge in [-0.15, -0.1) is 0 Å². The van der Waals surface area contributed by atoms with Crippen LogP contribution in [-0.2, 0) is 6.42 Å². The maximum Gasteiger partial charge on any atom is 0.123 e. The summed E-state index contributed by atoms with van der Waals surface area (Å²) in [5.41, 5.74) is 1.25. The van der Waals surface area contributed by atoms with Crippen molar-refractivity contribution in [3.63, 3.8) is 0 Å². The molecule has 0 atom stereocenters. The van der Waals surface area contributed by atoms with Crippen molar-refractivity contribution in [1.29, 1.82) is 0 Å². The van der Waals surface area contributed by atoms with E-state index >= 15 is 0 Å². The Bertz CT molecular complexity index is 408. The van der Waals surface area contributed by atoms with Gasteiger partial charge >= 0.3 is 0 Å². The Morgan fingerprint density at radius 1 is 1.05 bits per heavy atom. The quantitative estimate of drug-likeness (QED) is 0.859. The first kappa shape index (κ1) is 14.0. The average Bonchev–Trinajstić information content (AvgIpc) is 3.31. The van der Waals surface area contributed by atoms with Gasteiger partial charge in [-0.2, -0.15) is 0 Å². The summed E-state index contributed by atoms with van der Waals surface area (Å²) in [6.07, 6.45) is 6.42. The molecule has 3 rings (SSSR count). The maximum absolute atomic E-state index is 12.9. The molecule has 1 N–H and O–H groups in total. The number of rotatable bonds is 6. The molecule has 1 aromatic carbocycles. The van der Waals surface area contributed by atoms with E-state index in [1.165, 1.54) is 50.9 Å². The van der Waals surface area contributed by atoms with Crippen LogP contribution in [0.3, 0.4) is 0 Å². The van der Waals surface area contributed by atoms with Crippen molar-refractivity contribution in [2.75, 3.05) is 26.2 Å². The van der Waals surface area contributed by atoms with Gasteiger partial charge in [-0.05, 0) is 68.8 Å². The lowest BCUT2D eigenvalue weighted by molar-refractivity contribution is 0.199. The highest BCUT2D eigenvalue weighted by Crippen LogP contribution is 2.29. The molecule has 20 heavy (non-hydrogen) atoms. The van der Waals surface area contributed by atoms with Crippen molar-refractivity contribution in [3.05, 3.63) is 35.6 Å². The Kier molecular flexibility index (Phi) is 4.69. The summed E-state index contributed by atoms with van der Waals surface area (Å²) in [7, 11) is 0. The molecule has 1 saturated heterocycles. The third-order valence-corrected chi connectivity index (χ3v) is 4.62. The van der Waals surface area contributed by atoms with Crippen LogP contribution < -0.4 is 5.32 Å². The SMILES string of the molecule is Fc1ccc(CCN(CC2CCNCC2)C2CC2)cc1. The normalized spacial score (nSPS) is 20.5. The first-order valence-corrected chi connectivity index (χ1v) is 8.00. The largest absolute Gasteiger partial charge is 0.317 e. The molecule has 1 aromatic rings. The average molecular weight is 276 g/mol. The lowest BCUT2D eigenvalue weighted by Crippen LogP contribution is -2.38. The van der Waals surface area contributed by atoms with Crippen LogP contribution in [0, 0.1) is 11.7 Å². The second-order valence-electron chi connectivity index (χ2n) is 6.30. The van der Waals surface area contributed by atoms with Gasteiger partial charge in [-0.3, -0.25) is 4.90 Å². The highest BCUT2D eigenvalue weighted by atomic mass is 19.1. The van der Waals surface area contributed by atoms with Gasteiger partial charge in [0.1, 0.15) is 5.82 Å². The van der Waals surface area contributed by atoms with E-state index in [-0.39, 0.29) is 5.82 Å². The van der Waals surface area contributed by atoms with E-state index < -0.39 is 0 Å². The molecule has 0 amide bonds. The fraction of sp³-hybridized carbons (Fsp3) is 0.647. The third-order valence-electron chi connectivity index (χ3n) is 4.62. The molecule has 2 fully saturated rings. The van der Waals surface area contributed by atoms with Gasteiger partial charge in [-0.1, -0.05) is 12.1 Å². The molecule has 0 spiro atoms. The monoisotopic (exact) mass is 276 g/mol. The van der Waals surface area contributed by atoms with Crippen molar-refractivity contribution < 1.29 is 4.39 Å². The zero-order chi connectivity index (χ0) is 13.8. The predicted molar refractivity (Wildman–Crippen MR) is 80.3 cm³/mol. The molecular formula is C17H25FN2. The Balaban J connectivity index is 1.50. The Hall–Kier alpha value is -0.930. The number of nitrogens with one attached hydrogen (secondary N) is 1. The van der Waals surface area contributed by atoms with Crippen LogP contribution in [0.2, 0.25) is 0 Å². The molecule has 2 aliphatic rings. The van der Waals surface area contributed by atoms with Gasteiger partial charge in [0.05, 0.1) is 0 Å². The smallest absolute Gasteiger partial charge is 0.123 e. The minimum atomic E-state index is -0.137. The van der Waals surface area contributed by atoms with E-state index in [0.717, 1.165) is 24.9 Å². The van der Waals surface area contributed by atoms with Gasteiger partial charge in [0, 0.05) is 19.1 Å². The minimum Gasteiger partial charge on any atom is -0.317 e. The number of nitrogens with zero attached hydrogens (tertiary/aromatic N) is 1. The summed E-state index contributed by atoms with van der Waals surface area (Å²) in [5.74, 6) is 0.729. The van der Waals surface area contributed by atoms with Crippen LogP contribution in [0.4, 0.5) is 4.39 Å². The van der Waals surface area contributed by atoms with Crippen LogP contribution in [0.1, 0.15) is 31.2 Å². The molecule has 1 aliphatic carbocycles. The molecule has 2 nitrogen and oxygen atoms in total.